The maximum absolute atomic E-state index is 11.9. The molecule has 2 aromatic rings. The van der Waals surface area contributed by atoms with Crippen LogP contribution in [0.25, 0.3) is 11.1 Å². The molecule has 0 radical (unpaired) electrons. The standard InChI is InChI=1S/C21H18Cl2O6S/c1-13(24)28-21(29-14(2)25)19(15-7-5-4-6-8-15)18(20(21,22)23)16-9-11-17(12-10-16)30(3,26)27/h4-12H,1-3H3. The summed E-state index contributed by atoms with van der Waals surface area (Å²) >= 11 is 13.3. The van der Waals surface area contributed by atoms with Gasteiger partial charge in [0.2, 0.25) is 4.33 Å². The quantitative estimate of drug-likeness (QED) is 0.374. The van der Waals surface area contributed by atoms with Crippen LogP contribution in [0, 0.1) is 0 Å². The Labute approximate surface area is 184 Å². The molecular weight excluding hydrogens is 451 g/mol. The van der Waals surface area contributed by atoms with E-state index in [4.69, 9.17) is 32.7 Å². The van der Waals surface area contributed by atoms with Gasteiger partial charge < -0.3 is 9.47 Å². The van der Waals surface area contributed by atoms with Gasteiger partial charge in [0.1, 0.15) is 0 Å². The molecule has 0 saturated carbocycles. The first-order chi connectivity index (χ1) is 13.9. The molecule has 2 aromatic carbocycles. The molecule has 0 bridgehead atoms. The van der Waals surface area contributed by atoms with Crippen LogP contribution in [-0.4, -0.2) is 36.7 Å². The van der Waals surface area contributed by atoms with Crippen LogP contribution in [0.5, 0.6) is 0 Å². The van der Waals surface area contributed by atoms with E-state index in [0.717, 1.165) is 20.1 Å². The topological polar surface area (TPSA) is 86.7 Å². The Balaban J connectivity index is 2.30. The lowest BCUT2D eigenvalue weighted by atomic mass is 9.73. The number of benzene rings is 2. The third-order valence-electron chi connectivity index (χ3n) is 4.51. The van der Waals surface area contributed by atoms with Crippen molar-refractivity contribution in [3.8, 4) is 0 Å². The molecule has 0 heterocycles. The van der Waals surface area contributed by atoms with Gasteiger partial charge in [0.15, 0.2) is 9.84 Å². The Kier molecular flexibility index (Phi) is 5.75. The van der Waals surface area contributed by atoms with Gasteiger partial charge in [-0.05, 0) is 23.3 Å². The second kappa shape index (κ2) is 7.72. The van der Waals surface area contributed by atoms with Crippen LogP contribution in [0.4, 0.5) is 0 Å². The van der Waals surface area contributed by atoms with Crippen molar-refractivity contribution in [2.45, 2.75) is 28.9 Å². The predicted octanol–water partition coefficient (Wildman–Crippen LogP) is 4.01. The van der Waals surface area contributed by atoms with Gasteiger partial charge in [-0.1, -0.05) is 65.7 Å². The largest absolute Gasteiger partial charge is 0.415 e. The number of halogens is 2. The summed E-state index contributed by atoms with van der Waals surface area (Å²) in [5.41, 5.74) is 1.69. The maximum atomic E-state index is 11.9. The van der Waals surface area contributed by atoms with Crippen LogP contribution in [0.1, 0.15) is 25.0 Å². The van der Waals surface area contributed by atoms with E-state index in [-0.39, 0.29) is 4.90 Å². The van der Waals surface area contributed by atoms with Crippen molar-refractivity contribution in [2.24, 2.45) is 0 Å². The molecule has 30 heavy (non-hydrogen) atoms. The maximum Gasteiger partial charge on any atom is 0.321 e. The Hall–Kier alpha value is -2.35. The molecule has 6 nitrogen and oxygen atoms in total. The molecular formula is C21H18Cl2O6S. The molecule has 9 heteroatoms. The molecule has 0 unspecified atom stereocenters. The minimum absolute atomic E-state index is 0.119. The molecule has 3 rings (SSSR count). The van der Waals surface area contributed by atoms with Crippen molar-refractivity contribution in [3.63, 3.8) is 0 Å². The van der Waals surface area contributed by atoms with Gasteiger partial charge in [-0.25, -0.2) is 8.42 Å². The first kappa shape index (κ1) is 22.3. The number of hydrogen-bond donors (Lipinski definition) is 0. The van der Waals surface area contributed by atoms with E-state index in [2.05, 4.69) is 0 Å². The van der Waals surface area contributed by atoms with E-state index in [1.807, 2.05) is 0 Å². The van der Waals surface area contributed by atoms with Crippen LogP contribution >= 0.6 is 23.2 Å². The van der Waals surface area contributed by atoms with Crippen LogP contribution in [0.15, 0.2) is 59.5 Å². The summed E-state index contributed by atoms with van der Waals surface area (Å²) in [7, 11) is -3.40. The number of alkyl halides is 2. The molecule has 0 amide bonds. The molecule has 0 spiro atoms. The van der Waals surface area contributed by atoms with E-state index < -0.39 is 31.9 Å². The van der Waals surface area contributed by atoms with Gasteiger partial charge >= 0.3 is 17.7 Å². The summed E-state index contributed by atoms with van der Waals surface area (Å²) in [4.78, 5) is 23.9. The van der Waals surface area contributed by atoms with Gasteiger partial charge in [-0.2, -0.15) is 0 Å². The first-order valence-corrected chi connectivity index (χ1v) is 11.4. The summed E-state index contributed by atoms with van der Waals surface area (Å²) in [6, 6.07) is 14.7. The van der Waals surface area contributed by atoms with Crippen molar-refractivity contribution >= 4 is 56.1 Å². The molecule has 0 aliphatic heterocycles. The number of esters is 2. The van der Waals surface area contributed by atoms with E-state index in [9.17, 15) is 18.0 Å². The van der Waals surface area contributed by atoms with Crippen LogP contribution < -0.4 is 0 Å². The molecule has 0 N–H and O–H groups in total. The molecule has 158 valence electrons. The fraction of sp³-hybridized carbons (Fsp3) is 0.238. The number of carbonyl (C=O) groups excluding carboxylic acids is 2. The van der Waals surface area contributed by atoms with Crippen molar-refractivity contribution in [1.82, 2.24) is 0 Å². The summed E-state index contributed by atoms with van der Waals surface area (Å²) in [6.07, 6.45) is 1.10. The SMILES string of the molecule is CC(=O)OC1(OC(C)=O)C(c2ccccc2)=C(c2ccc(S(C)(=O)=O)cc2)C1(Cl)Cl. The van der Waals surface area contributed by atoms with Gasteiger partial charge in [0.25, 0.3) is 0 Å². The summed E-state index contributed by atoms with van der Waals surface area (Å²) in [6.45, 7) is 2.30. The number of carbonyl (C=O) groups is 2. The number of hydrogen-bond acceptors (Lipinski definition) is 6. The highest BCUT2D eigenvalue weighted by atomic mass is 35.5. The highest BCUT2D eigenvalue weighted by Crippen LogP contribution is 2.65. The fourth-order valence-corrected chi connectivity index (χ4v) is 4.75. The smallest absolute Gasteiger partial charge is 0.321 e. The van der Waals surface area contributed by atoms with Crippen LogP contribution in [-0.2, 0) is 28.9 Å². The van der Waals surface area contributed by atoms with Crippen molar-refractivity contribution < 1.29 is 27.5 Å². The molecule has 0 saturated heterocycles. The van der Waals surface area contributed by atoms with Crippen LogP contribution in [0.2, 0.25) is 0 Å². The van der Waals surface area contributed by atoms with Gasteiger partial charge in [0.05, 0.1) is 10.5 Å². The van der Waals surface area contributed by atoms with Crippen molar-refractivity contribution in [3.05, 3.63) is 65.7 Å². The van der Waals surface area contributed by atoms with E-state index >= 15 is 0 Å². The summed E-state index contributed by atoms with van der Waals surface area (Å²) in [5, 5.41) is 0. The third kappa shape index (κ3) is 3.73. The highest BCUT2D eigenvalue weighted by Gasteiger charge is 2.70. The van der Waals surface area contributed by atoms with Gasteiger partial charge in [-0.3, -0.25) is 9.59 Å². The zero-order valence-corrected chi connectivity index (χ0v) is 18.6. The van der Waals surface area contributed by atoms with Gasteiger partial charge in [0, 0.05) is 25.7 Å². The summed E-state index contributed by atoms with van der Waals surface area (Å²) < 4.78 is 32.4. The zero-order valence-electron chi connectivity index (χ0n) is 16.3. The Morgan fingerprint density at radius 3 is 1.70 bits per heavy atom. The monoisotopic (exact) mass is 468 g/mol. The Morgan fingerprint density at radius 1 is 0.800 bits per heavy atom. The molecule has 0 atom stereocenters. The van der Waals surface area contributed by atoms with Crippen molar-refractivity contribution in [2.75, 3.05) is 6.26 Å². The van der Waals surface area contributed by atoms with Crippen molar-refractivity contribution in [1.29, 1.82) is 0 Å². The number of sulfone groups is 1. The van der Waals surface area contributed by atoms with Gasteiger partial charge in [-0.15, -0.1) is 0 Å². The predicted molar refractivity (Wildman–Crippen MR) is 114 cm³/mol. The second-order valence-electron chi connectivity index (χ2n) is 6.79. The Morgan fingerprint density at radius 2 is 1.27 bits per heavy atom. The highest BCUT2D eigenvalue weighted by molar-refractivity contribution is 7.90. The number of ether oxygens (including phenoxy) is 2. The van der Waals surface area contributed by atoms with E-state index in [1.165, 1.54) is 12.1 Å². The molecule has 0 aromatic heterocycles. The fourth-order valence-electron chi connectivity index (χ4n) is 3.37. The second-order valence-corrected chi connectivity index (χ2v) is 10.1. The normalized spacial score (nSPS) is 17.1. The minimum atomic E-state index is -3.40. The third-order valence-corrected chi connectivity index (χ3v) is 6.52. The molecule has 1 aliphatic rings. The molecule has 1 aliphatic carbocycles. The van der Waals surface area contributed by atoms with Crippen LogP contribution in [0.3, 0.4) is 0 Å². The summed E-state index contributed by atoms with van der Waals surface area (Å²) in [5.74, 6) is -3.57. The average molecular weight is 469 g/mol. The van der Waals surface area contributed by atoms with E-state index in [1.54, 1.807) is 42.5 Å². The zero-order chi connectivity index (χ0) is 22.3. The lowest BCUT2D eigenvalue weighted by Gasteiger charge is -2.52. The minimum Gasteiger partial charge on any atom is -0.415 e. The lowest BCUT2D eigenvalue weighted by Crippen LogP contribution is -2.61. The first-order valence-electron chi connectivity index (χ1n) is 8.78. The Bertz CT molecular complexity index is 1120. The average Bonchev–Trinajstić information content (AvgIpc) is 2.64. The van der Waals surface area contributed by atoms with E-state index in [0.29, 0.717) is 22.3 Å². The molecule has 0 fully saturated rings. The number of rotatable bonds is 5. The lowest BCUT2D eigenvalue weighted by molar-refractivity contribution is -0.209.